The SMILES string of the molecule is Cc1ccc(S(=O)(=O)N(C)c2cccc(C(=O)N[C@@H](C)c3cc(C)c(C)cc3C)c2)cc1. The van der Waals surface area contributed by atoms with Crippen molar-refractivity contribution in [2.45, 2.75) is 45.6 Å². The molecule has 0 aliphatic carbocycles. The second kappa shape index (κ2) is 9.17. The van der Waals surface area contributed by atoms with Crippen molar-refractivity contribution in [3.8, 4) is 0 Å². The molecule has 0 unspecified atom stereocenters. The van der Waals surface area contributed by atoms with E-state index >= 15 is 0 Å². The molecule has 0 aromatic heterocycles. The maximum absolute atomic E-state index is 13.0. The Morgan fingerprint density at radius 2 is 1.50 bits per heavy atom. The van der Waals surface area contributed by atoms with Crippen LogP contribution in [0.2, 0.25) is 0 Å². The van der Waals surface area contributed by atoms with E-state index in [0.29, 0.717) is 11.3 Å². The summed E-state index contributed by atoms with van der Waals surface area (Å²) in [6.07, 6.45) is 0. The molecule has 168 valence electrons. The molecule has 1 atom stereocenters. The van der Waals surface area contributed by atoms with Gasteiger partial charge in [-0.15, -0.1) is 0 Å². The summed E-state index contributed by atoms with van der Waals surface area (Å²) in [7, 11) is -2.24. The molecular formula is C26H30N2O3S. The molecule has 5 nitrogen and oxygen atoms in total. The van der Waals surface area contributed by atoms with E-state index in [2.05, 4.69) is 31.3 Å². The number of nitrogens with zero attached hydrogens (tertiary/aromatic N) is 1. The zero-order chi connectivity index (χ0) is 23.6. The Balaban J connectivity index is 1.83. The van der Waals surface area contributed by atoms with Crippen LogP contribution in [0.3, 0.4) is 0 Å². The number of aryl methyl sites for hydroxylation is 4. The first-order valence-electron chi connectivity index (χ1n) is 10.5. The number of amides is 1. The highest BCUT2D eigenvalue weighted by atomic mass is 32.2. The van der Waals surface area contributed by atoms with Gasteiger partial charge in [-0.05, 0) is 87.2 Å². The Labute approximate surface area is 191 Å². The smallest absolute Gasteiger partial charge is 0.264 e. The molecule has 3 aromatic rings. The first kappa shape index (κ1) is 23.5. The molecule has 3 rings (SSSR count). The van der Waals surface area contributed by atoms with Gasteiger partial charge >= 0.3 is 0 Å². The number of rotatable bonds is 6. The van der Waals surface area contributed by atoms with E-state index in [9.17, 15) is 13.2 Å². The first-order chi connectivity index (χ1) is 15.0. The van der Waals surface area contributed by atoms with Crippen LogP contribution in [0.4, 0.5) is 5.69 Å². The number of hydrogen-bond donors (Lipinski definition) is 1. The molecule has 0 aliphatic heterocycles. The van der Waals surface area contributed by atoms with Gasteiger partial charge in [0.1, 0.15) is 0 Å². The summed E-state index contributed by atoms with van der Waals surface area (Å²) in [5.74, 6) is -0.252. The lowest BCUT2D eigenvalue weighted by Crippen LogP contribution is -2.29. The fourth-order valence-corrected chi connectivity index (χ4v) is 4.84. The van der Waals surface area contributed by atoms with Crippen molar-refractivity contribution in [2.24, 2.45) is 0 Å². The van der Waals surface area contributed by atoms with Crippen LogP contribution in [-0.4, -0.2) is 21.4 Å². The molecule has 0 saturated heterocycles. The fraction of sp³-hybridized carbons (Fsp3) is 0.269. The highest BCUT2D eigenvalue weighted by molar-refractivity contribution is 7.92. The lowest BCUT2D eigenvalue weighted by atomic mass is 9.96. The summed E-state index contributed by atoms with van der Waals surface area (Å²) in [5, 5.41) is 3.04. The van der Waals surface area contributed by atoms with Gasteiger partial charge in [0.05, 0.1) is 16.6 Å². The molecule has 0 fully saturated rings. The minimum absolute atomic E-state index is 0.181. The second-order valence-corrected chi connectivity index (χ2v) is 10.3. The van der Waals surface area contributed by atoms with Crippen LogP contribution in [-0.2, 0) is 10.0 Å². The maximum Gasteiger partial charge on any atom is 0.264 e. The molecule has 0 spiro atoms. The topological polar surface area (TPSA) is 66.5 Å². The van der Waals surface area contributed by atoms with Gasteiger partial charge in [-0.1, -0.05) is 35.9 Å². The molecule has 0 heterocycles. The van der Waals surface area contributed by atoms with Crippen LogP contribution in [0.25, 0.3) is 0 Å². The molecular weight excluding hydrogens is 420 g/mol. The predicted octanol–water partition coefficient (Wildman–Crippen LogP) is 5.24. The second-order valence-electron chi connectivity index (χ2n) is 8.32. The average molecular weight is 451 g/mol. The van der Waals surface area contributed by atoms with Gasteiger partial charge in [-0.25, -0.2) is 8.42 Å². The standard InChI is InChI=1S/C26H30N2O3S/c1-17-10-12-24(13-11-17)32(30,31)28(6)23-9-7-8-22(16-23)26(29)27-21(5)25-15-19(3)18(2)14-20(25)4/h7-16,21H,1-6H3,(H,27,29)/t21-/m0/s1. The van der Waals surface area contributed by atoms with Gasteiger partial charge in [0, 0.05) is 12.6 Å². The van der Waals surface area contributed by atoms with E-state index in [0.717, 1.165) is 16.7 Å². The fourth-order valence-electron chi connectivity index (χ4n) is 3.66. The highest BCUT2D eigenvalue weighted by Gasteiger charge is 2.22. The summed E-state index contributed by atoms with van der Waals surface area (Å²) in [5.41, 5.74) is 6.40. The normalized spacial score (nSPS) is 12.3. The maximum atomic E-state index is 13.0. The summed E-state index contributed by atoms with van der Waals surface area (Å²) < 4.78 is 27.2. The van der Waals surface area contributed by atoms with Crippen molar-refractivity contribution in [2.75, 3.05) is 11.4 Å². The van der Waals surface area contributed by atoms with Gasteiger partial charge in [0.2, 0.25) is 0 Å². The Morgan fingerprint density at radius 3 is 2.16 bits per heavy atom. The molecule has 1 N–H and O–H groups in total. The number of anilines is 1. The first-order valence-corrected chi connectivity index (χ1v) is 12.0. The average Bonchev–Trinajstić information content (AvgIpc) is 2.76. The quantitative estimate of drug-likeness (QED) is 0.559. The van der Waals surface area contributed by atoms with Crippen LogP contribution >= 0.6 is 0 Å². The van der Waals surface area contributed by atoms with Crippen molar-refractivity contribution in [3.63, 3.8) is 0 Å². The van der Waals surface area contributed by atoms with Crippen molar-refractivity contribution in [1.29, 1.82) is 0 Å². The number of sulfonamides is 1. The Bertz CT molecular complexity index is 1250. The number of carbonyl (C=O) groups excluding carboxylic acids is 1. The third-order valence-corrected chi connectivity index (χ3v) is 7.65. The Morgan fingerprint density at radius 1 is 0.875 bits per heavy atom. The third kappa shape index (κ3) is 4.86. The number of carbonyl (C=O) groups is 1. The van der Waals surface area contributed by atoms with Gasteiger partial charge in [0.25, 0.3) is 15.9 Å². The third-order valence-electron chi connectivity index (χ3n) is 5.85. The molecule has 32 heavy (non-hydrogen) atoms. The molecule has 3 aromatic carbocycles. The summed E-state index contributed by atoms with van der Waals surface area (Å²) in [4.78, 5) is 13.2. The molecule has 0 aliphatic rings. The lowest BCUT2D eigenvalue weighted by Gasteiger charge is -2.21. The highest BCUT2D eigenvalue weighted by Crippen LogP contribution is 2.25. The van der Waals surface area contributed by atoms with Gasteiger partial charge in [-0.3, -0.25) is 9.10 Å². The van der Waals surface area contributed by atoms with Crippen molar-refractivity contribution in [1.82, 2.24) is 5.32 Å². The Kier molecular flexibility index (Phi) is 6.74. The van der Waals surface area contributed by atoms with Crippen LogP contribution in [0.15, 0.2) is 65.6 Å². The molecule has 0 saturated carbocycles. The number of hydrogen-bond acceptors (Lipinski definition) is 3. The van der Waals surface area contributed by atoms with E-state index in [1.807, 2.05) is 20.8 Å². The van der Waals surface area contributed by atoms with E-state index in [1.165, 1.54) is 22.5 Å². The minimum atomic E-state index is -3.73. The minimum Gasteiger partial charge on any atom is -0.346 e. The summed E-state index contributed by atoms with van der Waals surface area (Å²) in [6.45, 7) is 10.0. The van der Waals surface area contributed by atoms with E-state index in [4.69, 9.17) is 0 Å². The van der Waals surface area contributed by atoms with E-state index < -0.39 is 10.0 Å². The van der Waals surface area contributed by atoms with E-state index in [-0.39, 0.29) is 16.8 Å². The van der Waals surface area contributed by atoms with Crippen molar-refractivity contribution in [3.05, 3.63) is 94.0 Å². The number of nitrogens with one attached hydrogen (secondary N) is 1. The molecule has 0 bridgehead atoms. The molecule has 1 amide bonds. The van der Waals surface area contributed by atoms with Crippen LogP contribution < -0.4 is 9.62 Å². The monoisotopic (exact) mass is 450 g/mol. The van der Waals surface area contributed by atoms with E-state index in [1.54, 1.807) is 48.5 Å². The van der Waals surface area contributed by atoms with Crippen LogP contribution in [0.5, 0.6) is 0 Å². The Hall–Kier alpha value is -3.12. The van der Waals surface area contributed by atoms with Gasteiger partial charge in [0.15, 0.2) is 0 Å². The largest absolute Gasteiger partial charge is 0.346 e. The van der Waals surface area contributed by atoms with Crippen LogP contribution in [0.1, 0.15) is 51.1 Å². The predicted molar refractivity (Wildman–Crippen MR) is 130 cm³/mol. The van der Waals surface area contributed by atoms with Gasteiger partial charge in [-0.2, -0.15) is 0 Å². The zero-order valence-electron chi connectivity index (χ0n) is 19.4. The zero-order valence-corrected chi connectivity index (χ0v) is 20.2. The van der Waals surface area contributed by atoms with Crippen molar-refractivity contribution >= 4 is 21.6 Å². The van der Waals surface area contributed by atoms with Gasteiger partial charge < -0.3 is 5.32 Å². The van der Waals surface area contributed by atoms with Crippen molar-refractivity contribution < 1.29 is 13.2 Å². The number of benzene rings is 3. The summed E-state index contributed by atoms with van der Waals surface area (Å²) >= 11 is 0. The van der Waals surface area contributed by atoms with Crippen LogP contribution in [0, 0.1) is 27.7 Å². The molecule has 6 heteroatoms. The summed E-state index contributed by atoms with van der Waals surface area (Å²) in [6, 6.07) is 17.4. The lowest BCUT2D eigenvalue weighted by molar-refractivity contribution is 0.0940. The molecule has 0 radical (unpaired) electrons.